The van der Waals surface area contributed by atoms with E-state index in [1.165, 1.54) is 6.07 Å². The van der Waals surface area contributed by atoms with Crippen molar-refractivity contribution in [1.29, 1.82) is 0 Å². The smallest absolute Gasteiger partial charge is 0.242 e. The van der Waals surface area contributed by atoms with Crippen molar-refractivity contribution in [1.82, 2.24) is 4.90 Å². The van der Waals surface area contributed by atoms with Gasteiger partial charge in [0, 0.05) is 32.7 Å². The molecule has 6 rings (SSSR count). The maximum Gasteiger partial charge on any atom is 0.242 e. The van der Waals surface area contributed by atoms with Crippen molar-refractivity contribution >= 4 is 58.2 Å². The van der Waals surface area contributed by atoms with Gasteiger partial charge in [-0.1, -0.05) is 55.2 Å². The minimum absolute atomic E-state index is 0.0439. The number of fused-ring (bicyclic) bond motifs is 3. The average molecular weight is 627 g/mol. The molecule has 0 radical (unpaired) electrons. The van der Waals surface area contributed by atoms with E-state index in [1.54, 1.807) is 36.0 Å². The van der Waals surface area contributed by atoms with Crippen LogP contribution in [0.2, 0.25) is 10.0 Å². The summed E-state index contributed by atoms with van der Waals surface area (Å²) in [6, 6.07) is 17.0. The van der Waals surface area contributed by atoms with Crippen LogP contribution in [-0.4, -0.2) is 41.6 Å². The second-order valence-electron chi connectivity index (χ2n) is 12.5. The molecule has 2 N–H and O–H groups in total. The van der Waals surface area contributed by atoms with Crippen LogP contribution in [0, 0.1) is 11.2 Å². The van der Waals surface area contributed by atoms with Gasteiger partial charge >= 0.3 is 0 Å². The lowest BCUT2D eigenvalue weighted by Crippen LogP contribution is -2.61. The molecule has 2 heterocycles. The van der Waals surface area contributed by atoms with Gasteiger partial charge in [-0.05, 0) is 98.0 Å². The molecule has 0 unspecified atom stereocenters. The quantitative estimate of drug-likeness (QED) is 0.287. The average Bonchev–Trinajstić information content (AvgIpc) is 3.36. The Labute approximate surface area is 260 Å². The Kier molecular flexibility index (Phi) is 7.41. The molecule has 3 atom stereocenters. The van der Waals surface area contributed by atoms with Crippen LogP contribution >= 0.6 is 35.0 Å². The van der Waals surface area contributed by atoms with Crippen molar-refractivity contribution in [3.63, 3.8) is 0 Å². The van der Waals surface area contributed by atoms with Crippen molar-refractivity contribution in [2.75, 3.05) is 23.9 Å². The Morgan fingerprint density at radius 3 is 2.40 bits per heavy atom. The predicted molar refractivity (Wildman–Crippen MR) is 169 cm³/mol. The van der Waals surface area contributed by atoms with Crippen molar-refractivity contribution in [2.45, 2.75) is 67.3 Å². The Morgan fingerprint density at radius 2 is 1.74 bits per heavy atom. The van der Waals surface area contributed by atoms with Gasteiger partial charge in [-0.2, -0.15) is 0 Å². The number of benzene rings is 3. The van der Waals surface area contributed by atoms with Gasteiger partial charge < -0.3 is 10.6 Å². The summed E-state index contributed by atoms with van der Waals surface area (Å²) in [5.41, 5.74) is 0.274. The molecule has 3 aliphatic rings. The zero-order valence-corrected chi connectivity index (χ0v) is 26.4. The molecule has 0 aromatic heterocycles. The van der Waals surface area contributed by atoms with Crippen LogP contribution in [0.1, 0.15) is 56.6 Å². The Bertz CT molecular complexity index is 1570. The van der Waals surface area contributed by atoms with Crippen molar-refractivity contribution < 1.29 is 14.0 Å². The zero-order valence-electron chi connectivity index (χ0n) is 24.1. The van der Waals surface area contributed by atoms with Gasteiger partial charge in [-0.15, -0.1) is 11.8 Å². The van der Waals surface area contributed by atoms with Crippen molar-refractivity contribution in [3.8, 4) is 0 Å². The van der Waals surface area contributed by atoms with Gasteiger partial charge in [0.1, 0.15) is 11.2 Å². The molecule has 2 fully saturated rings. The number of likely N-dealkylation sites (N-methyl/N-ethyl adjacent to an activating group) is 1. The number of rotatable bonds is 4. The molecule has 2 amide bonds. The highest BCUT2D eigenvalue weighted by molar-refractivity contribution is 7.98. The largest absolute Gasteiger partial charge is 0.325 e. The number of amides is 2. The van der Waals surface area contributed by atoms with Crippen molar-refractivity contribution in [3.05, 3.63) is 87.7 Å². The van der Waals surface area contributed by atoms with Crippen LogP contribution < -0.4 is 10.6 Å². The number of carbonyl (C=O) groups excluding carboxylic acids is 2. The third kappa shape index (κ3) is 4.30. The van der Waals surface area contributed by atoms with Gasteiger partial charge in [0.2, 0.25) is 11.8 Å². The van der Waals surface area contributed by atoms with E-state index in [2.05, 4.69) is 29.4 Å². The van der Waals surface area contributed by atoms with Gasteiger partial charge in [0.15, 0.2) is 0 Å². The number of carbonyl (C=O) groups is 2. The highest BCUT2D eigenvalue weighted by Crippen LogP contribution is 2.67. The minimum atomic E-state index is -1.27. The van der Waals surface area contributed by atoms with Crippen LogP contribution in [0.25, 0.3) is 0 Å². The normalized spacial score (nSPS) is 25.9. The fraction of sp³-hybridized carbons (Fsp3) is 0.394. The number of nitrogens with zero attached hydrogens (tertiary/aromatic N) is 1. The zero-order chi connectivity index (χ0) is 30.0. The Balaban J connectivity index is 1.60. The van der Waals surface area contributed by atoms with Crippen LogP contribution in [0.15, 0.2) is 65.6 Å². The number of hydrogen-bond donors (Lipinski definition) is 2. The summed E-state index contributed by atoms with van der Waals surface area (Å²) < 4.78 is 16.2. The molecule has 3 aromatic carbocycles. The third-order valence-corrected chi connectivity index (χ3v) is 11.3. The lowest BCUT2D eigenvalue weighted by Gasteiger charge is -2.53. The molecule has 1 saturated carbocycles. The molecule has 2 spiro atoms. The van der Waals surface area contributed by atoms with E-state index in [9.17, 15) is 9.59 Å². The topological polar surface area (TPSA) is 61.4 Å². The molecule has 9 heteroatoms. The van der Waals surface area contributed by atoms with Crippen LogP contribution in [-0.2, 0) is 15.0 Å². The Morgan fingerprint density at radius 1 is 1.05 bits per heavy atom. The molecule has 1 aliphatic carbocycles. The summed E-state index contributed by atoms with van der Waals surface area (Å²) >= 11 is 14.4. The van der Waals surface area contributed by atoms with E-state index < -0.39 is 28.7 Å². The predicted octanol–water partition coefficient (Wildman–Crippen LogP) is 8.12. The standard InChI is InChI=1S/C33H34Cl2FN3O2S/c1-31(2)14-16-32(17-15-31)33(23-13-8-19(34)18-25(23)38-30(33)41)26(22-6-5-7-24(35)27(22)36)28(39(32)3)29(40)37-20-9-11-21(42-4)12-10-20/h5-13,18,26,28H,14-17H2,1-4H3,(H,37,40)(H,38,41)/t26-,28+,33+/m0/s1. The second-order valence-corrected chi connectivity index (χ2v) is 14.3. The van der Waals surface area contributed by atoms with E-state index in [0.29, 0.717) is 29.2 Å². The van der Waals surface area contributed by atoms with Gasteiger partial charge in [-0.3, -0.25) is 14.5 Å². The number of hydrogen-bond acceptors (Lipinski definition) is 4. The summed E-state index contributed by atoms with van der Waals surface area (Å²) in [6.45, 7) is 4.47. The number of thioether (sulfide) groups is 1. The number of nitrogens with one attached hydrogen (secondary N) is 2. The summed E-state index contributed by atoms with van der Waals surface area (Å²) in [4.78, 5) is 32.3. The fourth-order valence-electron chi connectivity index (χ4n) is 7.84. The first-order valence-corrected chi connectivity index (χ1v) is 16.2. The Hall–Kier alpha value is -2.58. The highest BCUT2D eigenvalue weighted by Gasteiger charge is 2.75. The summed E-state index contributed by atoms with van der Waals surface area (Å²) in [7, 11) is 1.92. The van der Waals surface area contributed by atoms with Gasteiger partial charge in [-0.25, -0.2) is 4.39 Å². The van der Waals surface area contributed by atoms with E-state index in [4.69, 9.17) is 23.2 Å². The van der Waals surface area contributed by atoms with Gasteiger partial charge in [0.05, 0.1) is 11.1 Å². The first-order chi connectivity index (χ1) is 19.9. The number of anilines is 2. The third-order valence-electron chi connectivity index (χ3n) is 9.99. The van der Waals surface area contributed by atoms with Crippen LogP contribution in [0.4, 0.5) is 15.8 Å². The SMILES string of the molecule is CSc1ccc(NC(=O)[C@H]2[C@H](c3cccc(Cl)c3F)[C@]3(C(=O)Nc4cc(Cl)ccc43)C3(CCC(C)(C)CC3)N2C)cc1. The molecule has 220 valence electrons. The molecule has 2 aliphatic heterocycles. The molecular formula is C33H34Cl2FN3O2S. The summed E-state index contributed by atoms with van der Waals surface area (Å²) in [5, 5.41) is 6.64. The maximum absolute atomic E-state index is 16.2. The van der Waals surface area contributed by atoms with E-state index in [-0.39, 0.29) is 27.8 Å². The molecule has 5 nitrogen and oxygen atoms in total. The summed E-state index contributed by atoms with van der Waals surface area (Å²) in [6.07, 6.45) is 5.02. The lowest BCUT2D eigenvalue weighted by atomic mass is 9.53. The first-order valence-electron chi connectivity index (χ1n) is 14.2. The van der Waals surface area contributed by atoms with E-state index in [0.717, 1.165) is 23.3 Å². The monoisotopic (exact) mass is 625 g/mol. The second kappa shape index (κ2) is 10.5. The van der Waals surface area contributed by atoms with Crippen LogP contribution in [0.5, 0.6) is 0 Å². The van der Waals surface area contributed by atoms with E-state index in [1.807, 2.05) is 43.6 Å². The molecule has 42 heavy (non-hydrogen) atoms. The van der Waals surface area contributed by atoms with E-state index >= 15 is 4.39 Å². The highest BCUT2D eigenvalue weighted by atomic mass is 35.5. The lowest BCUT2D eigenvalue weighted by molar-refractivity contribution is -0.127. The minimum Gasteiger partial charge on any atom is -0.325 e. The number of halogens is 3. The fourth-order valence-corrected chi connectivity index (χ4v) is 8.60. The molecule has 0 bridgehead atoms. The summed E-state index contributed by atoms with van der Waals surface area (Å²) in [5.74, 6) is -2.01. The molecule has 3 aromatic rings. The maximum atomic E-state index is 16.2. The van der Waals surface area contributed by atoms with Gasteiger partial charge in [0.25, 0.3) is 0 Å². The first kappa shape index (κ1) is 29.5. The molecular weight excluding hydrogens is 592 g/mol. The number of likely N-dealkylation sites (tertiary alicyclic amines) is 1. The molecule has 1 saturated heterocycles. The van der Waals surface area contributed by atoms with Crippen molar-refractivity contribution in [2.24, 2.45) is 5.41 Å². The van der Waals surface area contributed by atoms with Crippen LogP contribution in [0.3, 0.4) is 0 Å².